The average Bonchev–Trinajstić information content (AvgIpc) is 1.94. The van der Waals surface area contributed by atoms with Crippen LogP contribution in [0.5, 0.6) is 0 Å². The molecule has 0 radical (unpaired) electrons. The molecule has 10 heavy (non-hydrogen) atoms. The predicted octanol–water partition coefficient (Wildman–Crippen LogP) is 2.53. The van der Waals surface area contributed by atoms with Gasteiger partial charge in [0.2, 0.25) is 0 Å². The van der Waals surface area contributed by atoms with Crippen molar-refractivity contribution < 1.29 is 21.1 Å². The van der Waals surface area contributed by atoms with Crippen LogP contribution in [0.3, 0.4) is 0 Å². The molecule has 1 nitrogen and oxygen atoms in total. The van der Waals surface area contributed by atoms with E-state index in [0.717, 1.165) is 0 Å². The fourth-order valence-corrected chi connectivity index (χ4v) is 0.438. The smallest absolute Gasteiger partial charge is 0.796 e. The third-order valence-electron chi connectivity index (χ3n) is 0.774. The van der Waals surface area contributed by atoms with Crippen LogP contribution in [0.25, 0.3) is 5.73 Å². The molecule has 1 aromatic rings. The molecule has 0 heterocycles. The zero-order valence-corrected chi connectivity index (χ0v) is 9.45. The van der Waals surface area contributed by atoms with Crippen molar-refractivity contribution in [2.45, 2.75) is 0 Å². The van der Waals surface area contributed by atoms with E-state index in [1.165, 1.54) is 0 Å². The Kier molecular flexibility index (Phi) is 11.5. The van der Waals surface area contributed by atoms with Crippen LogP contribution in [0.15, 0.2) is 30.3 Å². The molecule has 0 unspecified atom stereocenters. The topological polar surface area (TPSA) is 23.8 Å². The summed E-state index contributed by atoms with van der Waals surface area (Å²) >= 11 is 4.08. The van der Waals surface area contributed by atoms with Gasteiger partial charge in [-0.1, -0.05) is 30.3 Å². The van der Waals surface area contributed by atoms with Gasteiger partial charge in [-0.15, -0.1) is 5.69 Å². The second kappa shape index (κ2) is 9.06. The first-order chi connectivity index (χ1) is 4.39. The monoisotopic (exact) mass is 323 g/mol. The van der Waals surface area contributed by atoms with E-state index >= 15 is 0 Å². The molecule has 0 atom stereocenters. The summed E-state index contributed by atoms with van der Waals surface area (Å²) in [6.07, 6.45) is 1.58. The van der Waals surface area contributed by atoms with Crippen molar-refractivity contribution in [1.29, 1.82) is 0 Å². The minimum atomic E-state index is 0. The molecule has 0 saturated carbocycles. The van der Waals surface area contributed by atoms with E-state index in [1.807, 2.05) is 18.2 Å². The van der Waals surface area contributed by atoms with Gasteiger partial charge in [0, 0.05) is 0 Å². The Morgan fingerprint density at radius 3 is 1.70 bits per heavy atom. The number of rotatable bonds is 0. The van der Waals surface area contributed by atoms with Gasteiger partial charge in [0.25, 0.3) is 0 Å². The molecule has 0 fully saturated rings. The Morgan fingerprint density at radius 1 is 1.10 bits per heavy atom. The molecule has 0 aromatic heterocycles. The Morgan fingerprint density at radius 2 is 1.50 bits per heavy atom. The third kappa shape index (κ3) is 6.18. The molecule has 54 valence electrons. The minimum Gasteiger partial charge on any atom is -0.796 e. The second-order valence-electron chi connectivity index (χ2n) is 1.37. The van der Waals surface area contributed by atoms with Gasteiger partial charge in [-0.2, -0.15) is 6.26 Å². The van der Waals surface area contributed by atoms with Crippen LogP contribution in [0.2, 0.25) is 0 Å². The van der Waals surface area contributed by atoms with Crippen molar-refractivity contribution in [2.75, 3.05) is 6.26 Å². The number of hydrogen-bond acceptors (Lipinski definition) is 1. The van der Waals surface area contributed by atoms with Crippen molar-refractivity contribution in [1.82, 2.24) is 0 Å². The first-order valence-corrected chi connectivity index (χ1v) is 3.39. The van der Waals surface area contributed by atoms with Gasteiger partial charge < -0.3 is 18.4 Å². The Balaban J connectivity index is 0. The van der Waals surface area contributed by atoms with Crippen molar-refractivity contribution in [3.8, 4) is 0 Å². The molecule has 0 aliphatic carbocycles. The van der Waals surface area contributed by atoms with Gasteiger partial charge in [0.1, 0.15) is 0 Å². The van der Waals surface area contributed by atoms with Crippen molar-refractivity contribution in [3.63, 3.8) is 0 Å². The van der Waals surface area contributed by atoms with Crippen LogP contribution >= 0.6 is 0 Å². The molecule has 0 aliphatic rings. The van der Waals surface area contributed by atoms with Crippen molar-refractivity contribution in [3.05, 3.63) is 36.1 Å². The Bertz CT molecular complexity index is 144. The van der Waals surface area contributed by atoms with Gasteiger partial charge in [0.15, 0.2) is 0 Å². The van der Waals surface area contributed by atoms with Crippen LogP contribution in [-0.2, 0) is 33.7 Å². The summed E-state index contributed by atoms with van der Waals surface area (Å²) in [6.45, 7) is 0. The SMILES string of the molecule is C[S-].[NH-]c1ccccc1.[W+2]. The van der Waals surface area contributed by atoms with E-state index in [-0.39, 0.29) is 21.1 Å². The number of hydrogen-bond donors (Lipinski definition) is 0. The minimum absolute atomic E-state index is 0. The maximum Gasteiger partial charge on any atom is 2.00 e. The van der Waals surface area contributed by atoms with E-state index < -0.39 is 0 Å². The normalized spacial score (nSPS) is 6.60. The molecule has 1 aromatic carbocycles. The zero-order chi connectivity index (χ0) is 7.11. The van der Waals surface area contributed by atoms with Gasteiger partial charge in [-0.3, -0.25) is 0 Å². The zero-order valence-electron chi connectivity index (χ0n) is 5.70. The Labute approximate surface area is 81.7 Å². The number of benzene rings is 1. The standard InChI is InChI=1S/C6H6N.CH4S.W/c7-6-4-2-1-3-5-6;1-2;/h1-5,7H;2H,1H3;/q-1;;+2/p-1. The van der Waals surface area contributed by atoms with Crippen LogP contribution < -0.4 is 0 Å². The maximum absolute atomic E-state index is 7.00. The fourth-order valence-electron chi connectivity index (χ4n) is 0.438. The van der Waals surface area contributed by atoms with Crippen LogP contribution in [0.1, 0.15) is 0 Å². The summed E-state index contributed by atoms with van der Waals surface area (Å²) in [4.78, 5) is 0. The average molecular weight is 323 g/mol. The van der Waals surface area contributed by atoms with Crippen LogP contribution in [0.4, 0.5) is 5.69 Å². The molecule has 0 spiro atoms. The fraction of sp³-hybridized carbons (Fsp3) is 0.143. The Hall–Kier alpha value is 0.0583. The maximum atomic E-state index is 7.00. The van der Waals surface area contributed by atoms with Crippen molar-refractivity contribution >= 4 is 18.3 Å². The first-order valence-electron chi connectivity index (χ1n) is 2.57. The summed E-state index contributed by atoms with van der Waals surface area (Å²) in [7, 11) is 0. The summed E-state index contributed by atoms with van der Waals surface area (Å²) in [5.41, 5.74) is 7.57. The van der Waals surface area contributed by atoms with Gasteiger partial charge >= 0.3 is 21.1 Å². The molecule has 0 saturated heterocycles. The molecular formula is C7H9NSW. The number of nitrogens with one attached hydrogen (secondary N) is 1. The molecule has 1 rings (SSSR count). The van der Waals surface area contributed by atoms with E-state index in [1.54, 1.807) is 18.4 Å². The third-order valence-corrected chi connectivity index (χ3v) is 0.774. The first kappa shape index (κ1) is 12.7. The van der Waals surface area contributed by atoms with Gasteiger partial charge in [-0.25, -0.2) is 0 Å². The summed E-state index contributed by atoms with van der Waals surface area (Å²) < 4.78 is 0. The summed E-state index contributed by atoms with van der Waals surface area (Å²) in [5, 5.41) is 0. The molecule has 3 heteroatoms. The van der Waals surface area contributed by atoms with E-state index in [4.69, 9.17) is 5.73 Å². The van der Waals surface area contributed by atoms with Crippen LogP contribution in [-0.4, -0.2) is 6.26 Å². The molecular weight excluding hydrogens is 314 g/mol. The second-order valence-corrected chi connectivity index (χ2v) is 1.37. The van der Waals surface area contributed by atoms with E-state index in [0.29, 0.717) is 5.69 Å². The van der Waals surface area contributed by atoms with Crippen molar-refractivity contribution in [2.24, 2.45) is 0 Å². The van der Waals surface area contributed by atoms with E-state index in [2.05, 4.69) is 12.6 Å². The largest absolute Gasteiger partial charge is 2.00 e. The molecule has 0 bridgehead atoms. The summed E-state index contributed by atoms with van der Waals surface area (Å²) in [6, 6.07) is 9.10. The van der Waals surface area contributed by atoms with Gasteiger partial charge in [-0.05, 0) is 0 Å². The predicted molar refractivity (Wildman–Crippen MR) is 43.7 cm³/mol. The van der Waals surface area contributed by atoms with Crippen LogP contribution in [0, 0.1) is 0 Å². The van der Waals surface area contributed by atoms with Gasteiger partial charge in [0.05, 0.1) is 0 Å². The molecule has 1 N–H and O–H groups in total. The molecule has 0 aliphatic heterocycles. The summed E-state index contributed by atoms with van der Waals surface area (Å²) in [5.74, 6) is 0. The quantitative estimate of drug-likeness (QED) is 0.673. The van der Waals surface area contributed by atoms with E-state index in [9.17, 15) is 0 Å². The molecule has 0 amide bonds.